The molecule has 0 radical (unpaired) electrons. The number of rotatable bonds is 5. The lowest BCUT2D eigenvalue weighted by Gasteiger charge is -2.27. The third-order valence-electron chi connectivity index (χ3n) is 5.77. The topological polar surface area (TPSA) is 100 Å². The van der Waals surface area contributed by atoms with Crippen LogP contribution in [0.15, 0.2) is 53.3 Å². The summed E-state index contributed by atoms with van der Waals surface area (Å²) < 4.78 is 10.6. The fraction of sp³-hybridized carbons (Fsp3) is 0.208. The molecule has 3 heterocycles. The van der Waals surface area contributed by atoms with Crippen molar-refractivity contribution in [3.05, 3.63) is 81.4 Å². The van der Waals surface area contributed by atoms with Crippen molar-refractivity contribution in [3.63, 3.8) is 0 Å². The van der Waals surface area contributed by atoms with Crippen LogP contribution in [-0.4, -0.2) is 41.5 Å². The van der Waals surface area contributed by atoms with E-state index < -0.39 is 0 Å². The first kappa shape index (κ1) is 19.9. The third-order valence-corrected chi connectivity index (χ3v) is 5.77. The van der Waals surface area contributed by atoms with Crippen molar-refractivity contribution in [2.45, 2.75) is 13.0 Å². The highest BCUT2D eigenvalue weighted by atomic mass is 16.5. The number of carbonyl (C=O) groups is 1. The molecule has 8 heteroatoms. The summed E-state index contributed by atoms with van der Waals surface area (Å²) in [5, 5.41) is 0.430. The maximum absolute atomic E-state index is 12.8. The largest absolute Gasteiger partial charge is 0.493 e. The fourth-order valence-electron chi connectivity index (χ4n) is 4.08. The minimum atomic E-state index is -0.247. The van der Waals surface area contributed by atoms with Crippen molar-refractivity contribution in [2.24, 2.45) is 0 Å². The molecule has 0 atom stereocenters. The number of nitrogens with one attached hydrogen (secondary N) is 2. The van der Waals surface area contributed by atoms with E-state index in [0.29, 0.717) is 52.7 Å². The van der Waals surface area contributed by atoms with Crippen molar-refractivity contribution >= 4 is 22.6 Å². The smallest absolute Gasteiger partial charge is 0.260 e. The number of nitrogens with zero attached hydrogens (tertiary/aromatic N) is 2. The molecule has 162 valence electrons. The Morgan fingerprint density at radius 1 is 1.03 bits per heavy atom. The van der Waals surface area contributed by atoms with Crippen LogP contribution in [0.3, 0.4) is 0 Å². The Bertz CT molecular complexity index is 1370. The van der Waals surface area contributed by atoms with E-state index >= 15 is 0 Å². The molecule has 0 fully saturated rings. The van der Waals surface area contributed by atoms with Crippen LogP contribution in [0.25, 0.3) is 10.9 Å². The normalized spacial score (nSPS) is 13.1. The number of fused-ring (bicyclic) bond motifs is 2. The van der Waals surface area contributed by atoms with Gasteiger partial charge < -0.3 is 19.4 Å². The molecule has 0 saturated carbocycles. The lowest BCUT2D eigenvalue weighted by atomic mass is 10.1. The number of H-pyrrole nitrogens is 2. The van der Waals surface area contributed by atoms with Crippen LogP contribution in [0.4, 0.5) is 5.95 Å². The van der Waals surface area contributed by atoms with Gasteiger partial charge in [-0.1, -0.05) is 30.3 Å². The zero-order valence-electron chi connectivity index (χ0n) is 17.8. The minimum absolute atomic E-state index is 0.0372. The molecule has 1 aliphatic heterocycles. The van der Waals surface area contributed by atoms with Crippen LogP contribution in [0.5, 0.6) is 11.5 Å². The Balaban J connectivity index is 1.46. The van der Waals surface area contributed by atoms with E-state index in [2.05, 4.69) is 15.0 Å². The van der Waals surface area contributed by atoms with Crippen molar-refractivity contribution in [1.82, 2.24) is 15.0 Å². The number of hydrogen-bond acceptors (Lipinski definition) is 6. The van der Waals surface area contributed by atoms with Gasteiger partial charge in [-0.3, -0.25) is 14.6 Å². The van der Waals surface area contributed by atoms with Crippen molar-refractivity contribution < 1.29 is 14.3 Å². The van der Waals surface area contributed by atoms with Gasteiger partial charge in [0, 0.05) is 23.9 Å². The van der Waals surface area contributed by atoms with E-state index in [1.807, 2.05) is 41.3 Å². The summed E-state index contributed by atoms with van der Waals surface area (Å²) in [6.45, 7) is 1.19. The molecule has 4 aromatic rings. The molecule has 32 heavy (non-hydrogen) atoms. The number of methoxy groups -OCH3 is 2. The Hall–Kier alpha value is -4.07. The predicted octanol–water partition coefficient (Wildman–Crippen LogP) is 3.06. The summed E-state index contributed by atoms with van der Waals surface area (Å²) in [7, 11) is 3.07. The van der Waals surface area contributed by atoms with Crippen LogP contribution < -0.4 is 19.9 Å². The molecule has 2 aromatic carbocycles. The number of hydrogen-bond donors (Lipinski definition) is 2. The Kier molecular flexibility index (Phi) is 4.89. The van der Waals surface area contributed by atoms with Crippen molar-refractivity contribution in [3.8, 4) is 11.5 Å². The number of anilines is 1. The Morgan fingerprint density at radius 2 is 1.78 bits per heavy atom. The fourth-order valence-corrected chi connectivity index (χ4v) is 4.08. The maximum Gasteiger partial charge on any atom is 0.260 e. The number of carbonyl (C=O) groups excluding carboxylic acids is 1. The highest BCUT2D eigenvalue weighted by Crippen LogP contribution is 2.31. The zero-order chi connectivity index (χ0) is 22.2. The zero-order valence-corrected chi connectivity index (χ0v) is 17.8. The van der Waals surface area contributed by atoms with Gasteiger partial charge >= 0.3 is 0 Å². The summed E-state index contributed by atoms with van der Waals surface area (Å²) in [5.74, 6) is 1.43. The average molecular weight is 430 g/mol. The number of aromatic nitrogens is 3. The van der Waals surface area contributed by atoms with E-state index in [1.54, 1.807) is 19.2 Å². The van der Waals surface area contributed by atoms with Gasteiger partial charge in [-0.15, -0.1) is 0 Å². The lowest BCUT2D eigenvalue weighted by molar-refractivity contribution is 0.103. The van der Waals surface area contributed by atoms with Gasteiger partial charge in [0.05, 0.1) is 37.4 Å². The van der Waals surface area contributed by atoms with Crippen LogP contribution >= 0.6 is 0 Å². The van der Waals surface area contributed by atoms with E-state index in [1.165, 1.54) is 7.11 Å². The molecule has 5 rings (SSSR count). The van der Waals surface area contributed by atoms with Crippen molar-refractivity contribution in [1.29, 1.82) is 0 Å². The molecule has 0 spiro atoms. The van der Waals surface area contributed by atoms with Gasteiger partial charge in [0.2, 0.25) is 11.7 Å². The molecular formula is C24H22N4O4. The van der Waals surface area contributed by atoms with Gasteiger partial charge in [-0.2, -0.15) is 0 Å². The van der Waals surface area contributed by atoms with E-state index in [4.69, 9.17) is 9.47 Å². The predicted molar refractivity (Wildman–Crippen MR) is 121 cm³/mol. The third kappa shape index (κ3) is 3.39. The summed E-state index contributed by atoms with van der Waals surface area (Å²) in [5.41, 5.74) is 3.55. The van der Waals surface area contributed by atoms with E-state index in [0.717, 1.165) is 17.7 Å². The second-order valence-electron chi connectivity index (χ2n) is 7.67. The van der Waals surface area contributed by atoms with Crippen molar-refractivity contribution in [2.75, 3.05) is 25.7 Å². The summed E-state index contributed by atoms with van der Waals surface area (Å²) >= 11 is 0. The summed E-state index contributed by atoms with van der Waals surface area (Å²) in [6.07, 6.45) is 0.738. The molecule has 8 nitrogen and oxygen atoms in total. The molecule has 0 amide bonds. The van der Waals surface area contributed by atoms with Gasteiger partial charge in [-0.25, -0.2) is 4.98 Å². The summed E-state index contributed by atoms with van der Waals surface area (Å²) in [4.78, 5) is 38.3. The second kappa shape index (κ2) is 7.88. The highest BCUT2D eigenvalue weighted by Gasteiger charge is 2.23. The van der Waals surface area contributed by atoms with Gasteiger partial charge in [0.25, 0.3) is 5.56 Å². The molecule has 1 aliphatic rings. The van der Waals surface area contributed by atoms with Gasteiger partial charge in [0.15, 0.2) is 11.5 Å². The molecule has 0 bridgehead atoms. The minimum Gasteiger partial charge on any atom is -0.493 e. The molecular weight excluding hydrogens is 408 g/mol. The van der Waals surface area contributed by atoms with Gasteiger partial charge in [-0.05, 0) is 24.1 Å². The number of ketones is 1. The first-order valence-electron chi connectivity index (χ1n) is 10.3. The first-order valence-corrected chi connectivity index (χ1v) is 10.3. The molecule has 0 saturated heterocycles. The molecule has 2 N–H and O–H groups in total. The van der Waals surface area contributed by atoms with E-state index in [9.17, 15) is 9.59 Å². The van der Waals surface area contributed by atoms with Gasteiger partial charge in [0.1, 0.15) is 0 Å². The molecule has 2 aromatic heterocycles. The average Bonchev–Trinajstić information content (AvgIpc) is 3.26. The Labute approximate surface area is 183 Å². The van der Waals surface area contributed by atoms with E-state index in [-0.39, 0.29) is 11.3 Å². The number of aromatic amines is 2. The quantitative estimate of drug-likeness (QED) is 0.472. The molecule has 0 aliphatic carbocycles. The summed E-state index contributed by atoms with van der Waals surface area (Å²) in [6, 6.07) is 14.5. The number of benzene rings is 2. The standard InChI is InChI=1S/C24H22N4O4/c1-31-20-11-16-17(12-21(20)32-2)26-24(27-23(16)30)28-9-8-15-10-18(25-19(15)13-28)22(29)14-6-4-3-5-7-14/h3-7,10-12,25H,8-9,13H2,1-2H3,(H,26,27,30). The lowest BCUT2D eigenvalue weighted by Crippen LogP contribution is -2.33. The van der Waals surface area contributed by atoms with Crippen LogP contribution in [0.2, 0.25) is 0 Å². The molecule has 0 unspecified atom stereocenters. The number of ether oxygens (including phenoxy) is 2. The van der Waals surface area contributed by atoms with Crippen LogP contribution in [-0.2, 0) is 13.0 Å². The maximum atomic E-state index is 12.8. The monoisotopic (exact) mass is 430 g/mol. The van der Waals surface area contributed by atoms with Crippen LogP contribution in [0.1, 0.15) is 27.3 Å². The Morgan fingerprint density at radius 3 is 2.53 bits per heavy atom. The SMILES string of the molecule is COc1cc2nc(N3CCc4cc(C(=O)c5ccccc5)[nH]c4C3)[nH]c(=O)c2cc1OC. The second-order valence-corrected chi connectivity index (χ2v) is 7.67. The highest BCUT2D eigenvalue weighted by molar-refractivity contribution is 6.08. The van der Waals surface area contributed by atoms with Crippen LogP contribution in [0, 0.1) is 0 Å². The first-order chi connectivity index (χ1) is 15.6.